The number of nitrogen functional groups attached to an aromatic ring is 1. The number of pyridine rings is 1. The summed E-state index contributed by atoms with van der Waals surface area (Å²) in [6, 6.07) is 11.4. The van der Waals surface area contributed by atoms with Gasteiger partial charge in [-0.2, -0.15) is 0 Å². The van der Waals surface area contributed by atoms with Crippen molar-refractivity contribution < 1.29 is 4.79 Å². The second kappa shape index (κ2) is 4.96. The Morgan fingerprint density at radius 3 is 2.90 bits per heavy atom. The topological polar surface area (TPSA) is 59.2 Å². The van der Waals surface area contributed by atoms with Crippen LogP contribution in [0, 0.1) is 6.92 Å². The van der Waals surface area contributed by atoms with Crippen molar-refractivity contribution in [3.8, 4) is 0 Å². The van der Waals surface area contributed by atoms with Gasteiger partial charge in [0.2, 0.25) is 0 Å². The Morgan fingerprint density at radius 1 is 1.25 bits per heavy atom. The smallest absolute Gasteiger partial charge is 0.272 e. The van der Waals surface area contributed by atoms with Crippen molar-refractivity contribution in [2.45, 2.75) is 19.9 Å². The average molecular weight is 267 g/mol. The Labute approximate surface area is 118 Å². The Hall–Kier alpha value is -2.36. The third-order valence-corrected chi connectivity index (χ3v) is 3.64. The van der Waals surface area contributed by atoms with Crippen LogP contribution in [-0.2, 0) is 13.0 Å². The SMILES string of the molecule is Cc1cccc(C(=O)N2CCc3cc(N)ccc3C2)n1. The Morgan fingerprint density at radius 2 is 2.10 bits per heavy atom. The van der Waals surface area contributed by atoms with E-state index in [2.05, 4.69) is 4.98 Å². The molecule has 0 saturated heterocycles. The molecule has 1 aliphatic rings. The Kier molecular flexibility index (Phi) is 3.14. The number of carbonyl (C=O) groups is 1. The van der Waals surface area contributed by atoms with Crippen molar-refractivity contribution in [1.82, 2.24) is 9.88 Å². The van der Waals surface area contributed by atoms with E-state index in [0.717, 1.165) is 17.8 Å². The predicted molar refractivity (Wildman–Crippen MR) is 78.3 cm³/mol. The van der Waals surface area contributed by atoms with Gasteiger partial charge in [-0.3, -0.25) is 4.79 Å². The number of carbonyl (C=O) groups excluding carboxylic acids is 1. The van der Waals surface area contributed by atoms with Crippen LogP contribution in [0.5, 0.6) is 0 Å². The highest BCUT2D eigenvalue weighted by molar-refractivity contribution is 5.92. The monoisotopic (exact) mass is 267 g/mol. The van der Waals surface area contributed by atoms with Gasteiger partial charge in [0.1, 0.15) is 5.69 Å². The first-order valence-electron chi connectivity index (χ1n) is 6.74. The summed E-state index contributed by atoms with van der Waals surface area (Å²) >= 11 is 0. The van der Waals surface area contributed by atoms with Gasteiger partial charge in [0.15, 0.2) is 0 Å². The van der Waals surface area contributed by atoms with Crippen LogP contribution >= 0.6 is 0 Å². The summed E-state index contributed by atoms with van der Waals surface area (Å²) in [6.45, 7) is 3.24. The molecule has 102 valence electrons. The first-order chi connectivity index (χ1) is 9.63. The van der Waals surface area contributed by atoms with Crippen molar-refractivity contribution in [2.24, 2.45) is 0 Å². The van der Waals surface area contributed by atoms with E-state index in [0.29, 0.717) is 18.8 Å². The summed E-state index contributed by atoms with van der Waals surface area (Å²) in [4.78, 5) is 18.6. The molecule has 1 aliphatic heterocycles. The van der Waals surface area contributed by atoms with Crippen molar-refractivity contribution in [3.63, 3.8) is 0 Å². The van der Waals surface area contributed by atoms with E-state index in [9.17, 15) is 4.79 Å². The summed E-state index contributed by atoms with van der Waals surface area (Å²) in [5.74, 6) is -0.00354. The minimum absolute atomic E-state index is 0.00354. The fourth-order valence-electron chi connectivity index (χ4n) is 2.57. The fourth-order valence-corrected chi connectivity index (χ4v) is 2.57. The van der Waals surface area contributed by atoms with Gasteiger partial charge < -0.3 is 10.6 Å². The van der Waals surface area contributed by atoms with Crippen LogP contribution in [0.15, 0.2) is 36.4 Å². The van der Waals surface area contributed by atoms with E-state index in [4.69, 9.17) is 5.73 Å². The summed E-state index contributed by atoms with van der Waals surface area (Å²) in [5.41, 5.74) is 10.4. The number of nitrogens with two attached hydrogens (primary N) is 1. The van der Waals surface area contributed by atoms with Crippen molar-refractivity contribution in [1.29, 1.82) is 0 Å². The van der Waals surface area contributed by atoms with Crippen LogP contribution in [0.1, 0.15) is 27.3 Å². The molecule has 4 heteroatoms. The van der Waals surface area contributed by atoms with E-state index in [1.165, 1.54) is 11.1 Å². The molecule has 2 heterocycles. The number of benzene rings is 1. The molecule has 4 nitrogen and oxygen atoms in total. The number of nitrogens with zero attached hydrogens (tertiary/aromatic N) is 2. The third kappa shape index (κ3) is 2.37. The van der Waals surface area contributed by atoms with E-state index < -0.39 is 0 Å². The zero-order valence-corrected chi connectivity index (χ0v) is 11.5. The summed E-state index contributed by atoms with van der Waals surface area (Å²) in [7, 11) is 0. The minimum atomic E-state index is -0.00354. The number of rotatable bonds is 1. The molecular formula is C16H17N3O. The molecule has 2 aromatic rings. The van der Waals surface area contributed by atoms with Crippen LogP contribution in [-0.4, -0.2) is 22.3 Å². The highest BCUT2D eigenvalue weighted by atomic mass is 16.2. The second-order valence-corrected chi connectivity index (χ2v) is 5.17. The maximum atomic E-state index is 12.5. The lowest BCUT2D eigenvalue weighted by Crippen LogP contribution is -2.36. The molecule has 0 spiro atoms. The molecule has 1 aromatic carbocycles. The van der Waals surface area contributed by atoms with Crippen molar-refractivity contribution >= 4 is 11.6 Å². The van der Waals surface area contributed by atoms with Gasteiger partial charge in [-0.05, 0) is 48.7 Å². The van der Waals surface area contributed by atoms with Crippen molar-refractivity contribution in [2.75, 3.05) is 12.3 Å². The highest BCUT2D eigenvalue weighted by Crippen LogP contribution is 2.22. The lowest BCUT2D eigenvalue weighted by Gasteiger charge is -2.28. The largest absolute Gasteiger partial charge is 0.399 e. The maximum Gasteiger partial charge on any atom is 0.272 e. The van der Waals surface area contributed by atoms with E-state index in [1.807, 2.05) is 42.2 Å². The molecule has 0 aliphatic carbocycles. The van der Waals surface area contributed by atoms with Crippen LogP contribution in [0.4, 0.5) is 5.69 Å². The van der Waals surface area contributed by atoms with Gasteiger partial charge in [-0.25, -0.2) is 4.98 Å². The van der Waals surface area contributed by atoms with Crippen LogP contribution in [0.25, 0.3) is 0 Å². The molecule has 0 unspecified atom stereocenters. The lowest BCUT2D eigenvalue weighted by atomic mass is 9.99. The lowest BCUT2D eigenvalue weighted by molar-refractivity contribution is 0.0728. The van der Waals surface area contributed by atoms with Crippen LogP contribution in [0.2, 0.25) is 0 Å². The number of hydrogen-bond acceptors (Lipinski definition) is 3. The predicted octanol–water partition coefficient (Wildman–Crippen LogP) is 2.17. The average Bonchev–Trinajstić information content (AvgIpc) is 2.46. The van der Waals surface area contributed by atoms with Gasteiger partial charge in [-0.1, -0.05) is 12.1 Å². The number of aryl methyl sites for hydroxylation is 1. The first-order valence-corrected chi connectivity index (χ1v) is 6.74. The number of hydrogen-bond donors (Lipinski definition) is 1. The zero-order chi connectivity index (χ0) is 14.1. The highest BCUT2D eigenvalue weighted by Gasteiger charge is 2.22. The molecule has 0 saturated carbocycles. The van der Waals surface area contributed by atoms with Gasteiger partial charge in [0.25, 0.3) is 5.91 Å². The summed E-state index contributed by atoms with van der Waals surface area (Å²) < 4.78 is 0. The second-order valence-electron chi connectivity index (χ2n) is 5.17. The standard InChI is InChI=1S/C16H17N3O/c1-11-3-2-4-15(18-11)16(20)19-8-7-12-9-14(17)6-5-13(12)10-19/h2-6,9H,7-8,10,17H2,1H3. The Balaban J connectivity index is 1.83. The van der Waals surface area contributed by atoms with Crippen LogP contribution in [0.3, 0.4) is 0 Å². The molecule has 0 bridgehead atoms. The quantitative estimate of drug-likeness (QED) is 0.806. The number of fused-ring (bicyclic) bond motifs is 1. The molecule has 20 heavy (non-hydrogen) atoms. The maximum absolute atomic E-state index is 12.5. The molecule has 3 rings (SSSR count). The molecule has 0 atom stereocenters. The van der Waals surface area contributed by atoms with Crippen LogP contribution < -0.4 is 5.73 Å². The number of aromatic nitrogens is 1. The number of anilines is 1. The van der Waals surface area contributed by atoms with Crippen molar-refractivity contribution in [3.05, 3.63) is 58.9 Å². The minimum Gasteiger partial charge on any atom is -0.399 e. The van der Waals surface area contributed by atoms with E-state index >= 15 is 0 Å². The summed E-state index contributed by atoms with van der Waals surface area (Å²) in [5, 5.41) is 0. The third-order valence-electron chi connectivity index (χ3n) is 3.64. The molecule has 2 N–H and O–H groups in total. The zero-order valence-electron chi connectivity index (χ0n) is 11.5. The normalized spacial score (nSPS) is 13.9. The van der Waals surface area contributed by atoms with Gasteiger partial charge in [0, 0.05) is 24.5 Å². The molecule has 1 aromatic heterocycles. The van der Waals surface area contributed by atoms with Gasteiger partial charge >= 0.3 is 0 Å². The Bertz CT molecular complexity index is 667. The van der Waals surface area contributed by atoms with E-state index in [-0.39, 0.29) is 5.91 Å². The van der Waals surface area contributed by atoms with Gasteiger partial charge in [0.05, 0.1) is 0 Å². The molecule has 0 fully saturated rings. The molecule has 1 amide bonds. The molecule has 0 radical (unpaired) electrons. The van der Waals surface area contributed by atoms with Gasteiger partial charge in [-0.15, -0.1) is 0 Å². The fraction of sp³-hybridized carbons (Fsp3) is 0.250. The van der Waals surface area contributed by atoms with E-state index in [1.54, 1.807) is 6.07 Å². The number of amides is 1. The first kappa shape index (κ1) is 12.7. The molecular weight excluding hydrogens is 250 g/mol. The summed E-state index contributed by atoms with van der Waals surface area (Å²) in [6.07, 6.45) is 0.845.